The number of halogens is 1. The van der Waals surface area contributed by atoms with Gasteiger partial charge in [0, 0.05) is 24.8 Å². The van der Waals surface area contributed by atoms with Gasteiger partial charge in [-0.1, -0.05) is 31.9 Å². The maximum absolute atomic E-state index is 14.1. The zero-order valence-electron chi connectivity index (χ0n) is 20.7. The molecule has 0 aromatic carbocycles. The van der Waals surface area contributed by atoms with E-state index >= 15 is 0 Å². The van der Waals surface area contributed by atoms with E-state index in [2.05, 4.69) is 29.1 Å². The summed E-state index contributed by atoms with van der Waals surface area (Å²) >= 11 is 1.92. The highest BCUT2D eigenvalue weighted by Gasteiger charge is 2.55. The molecule has 1 saturated carbocycles. The molecule has 1 aliphatic carbocycles. The minimum atomic E-state index is -0.582. The Labute approximate surface area is 208 Å². The van der Waals surface area contributed by atoms with Gasteiger partial charge in [-0.25, -0.2) is 9.18 Å². The van der Waals surface area contributed by atoms with Crippen LogP contribution in [0.5, 0.6) is 0 Å². The number of aliphatic imine (C=N–C) groups is 1. The molecular weight excluding hydrogens is 447 g/mol. The predicted octanol–water partition coefficient (Wildman–Crippen LogP) is 6.32. The second kappa shape index (κ2) is 11.3. The number of rotatable bonds is 6. The Morgan fingerprint density at radius 2 is 2.15 bits per heavy atom. The maximum Gasteiger partial charge on any atom is 0.328 e. The summed E-state index contributed by atoms with van der Waals surface area (Å²) in [5.41, 5.74) is 1.46. The van der Waals surface area contributed by atoms with E-state index in [1.165, 1.54) is 56.4 Å². The van der Waals surface area contributed by atoms with Gasteiger partial charge in [0.1, 0.15) is 11.4 Å². The Morgan fingerprint density at radius 1 is 1.35 bits per heavy atom. The quantitative estimate of drug-likeness (QED) is 0.447. The smallest absolute Gasteiger partial charge is 0.297 e. The summed E-state index contributed by atoms with van der Waals surface area (Å²) in [6.45, 7) is 9.33. The number of hydrogen-bond acceptors (Lipinski definition) is 4. The first-order chi connectivity index (χ1) is 16.4. The molecule has 3 fully saturated rings. The number of piperidine rings is 1. The molecule has 0 bridgehead atoms. The van der Waals surface area contributed by atoms with Gasteiger partial charge in [-0.2, -0.15) is 0 Å². The molecule has 7 heteroatoms. The second-order valence-electron chi connectivity index (χ2n) is 10.1. The number of thioether (sulfide) groups is 1. The predicted molar refractivity (Wildman–Crippen MR) is 141 cm³/mol. The third kappa shape index (κ3) is 5.51. The van der Waals surface area contributed by atoms with Crippen LogP contribution in [0.1, 0.15) is 71.6 Å². The Balaban J connectivity index is 1.67. The number of amidine groups is 1. The molecule has 186 valence electrons. The monoisotopic (exact) mass is 486 g/mol. The molecule has 2 saturated heterocycles. The van der Waals surface area contributed by atoms with Crippen LogP contribution in [0.4, 0.5) is 9.18 Å². The Kier molecular flexibility index (Phi) is 8.35. The summed E-state index contributed by atoms with van der Waals surface area (Å²) < 4.78 is 14.1. The normalized spacial score (nSPS) is 31.2. The van der Waals surface area contributed by atoms with Crippen molar-refractivity contribution < 1.29 is 9.18 Å². The van der Waals surface area contributed by atoms with Gasteiger partial charge in [0.2, 0.25) is 0 Å². The van der Waals surface area contributed by atoms with Crippen LogP contribution in [0, 0.1) is 0 Å². The van der Waals surface area contributed by atoms with Gasteiger partial charge in [0.05, 0.1) is 11.9 Å². The Morgan fingerprint density at radius 3 is 2.79 bits per heavy atom. The van der Waals surface area contributed by atoms with E-state index < -0.39 is 5.54 Å². The lowest BCUT2D eigenvalue weighted by atomic mass is 9.81. The van der Waals surface area contributed by atoms with Crippen LogP contribution < -0.4 is 5.32 Å². The summed E-state index contributed by atoms with van der Waals surface area (Å²) in [5, 5.41) is 5.45. The van der Waals surface area contributed by atoms with Crippen LogP contribution in [0.2, 0.25) is 0 Å². The number of carbonyl (C=O) groups excluding carboxylic acids is 1. The SMILES string of the molecule is C=C/C=C(\C=C(/C)F)N1C(=O)NC(=NC2CCCCC2)C12CCN(CC1=CSCCC1)C(C)C2. The highest BCUT2D eigenvalue weighted by atomic mass is 32.2. The largest absolute Gasteiger partial charge is 0.328 e. The van der Waals surface area contributed by atoms with Crippen LogP contribution in [-0.4, -0.2) is 58.1 Å². The van der Waals surface area contributed by atoms with E-state index in [-0.39, 0.29) is 23.9 Å². The van der Waals surface area contributed by atoms with Crippen LogP contribution >= 0.6 is 11.8 Å². The third-order valence-corrected chi connectivity index (χ3v) is 8.59. The molecule has 2 atom stereocenters. The fourth-order valence-electron chi connectivity index (χ4n) is 5.91. The number of nitrogens with one attached hydrogen (secondary N) is 1. The van der Waals surface area contributed by atoms with Gasteiger partial charge in [0.25, 0.3) is 0 Å². The van der Waals surface area contributed by atoms with Crippen molar-refractivity contribution in [2.24, 2.45) is 4.99 Å². The van der Waals surface area contributed by atoms with Gasteiger partial charge in [-0.05, 0) is 81.3 Å². The van der Waals surface area contributed by atoms with E-state index in [0.29, 0.717) is 5.70 Å². The summed E-state index contributed by atoms with van der Waals surface area (Å²) in [5.74, 6) is 1.66. The van der Waals surface area contributed by atoms with Crippen molar-refractivity contribution in [2.45, 2.75) is 89.3 Å². The average molecular weight is 487 g/mol. The molecule has 0 aromatic rings. The summed E-state index contributed by atoms with van der Waals surface area (Å²) in [6, 6.07) is 0.310. The number of nitrogens with zero attached hydrogens (tertiary/aromatic N) is 3. The standard InChI is InChI=1S/C27H39FN4OS/c1-4-9-24(16-20(2)28)32-26(33)30-25(29-23-11-6-5-7-12-23)27(32)13-14-31(21(3)17-27)18-22-10-8-15-34-19-22/h4,9,16,19,21,23H,1,5-8,10-15,17-18H2,2-3H3,(H,29,30,33)/b20-16+,24-9+. The van der Waals surface area contributed by atoms with E-state index in [1.54, 1.807) is 17.1 Å². The van der Waals surface area contributed by atoms with Crippen LogP contribution in [0.15, 0.2) is 52.3 Å². The van der Waals surface area contributed by atoms with E-state index in [4.69, 9.17) is 4.99 Å². The lowest BCUT2D eigenvalue weighted by Crippen LogP contribution is -2.59. The lowest BCUT2D eigenvalue weighted by molar-refractivity contribution is 0.0883. The third-order valence-electron chi connectivity index (χ3n) is 7.56. The number of urea groups is 1. The number of carbonyl (C=O) groups is 1. The molecule has 4 rings (SSSR count). The molecule has 1 spiro atoms. The first-order valence-corrected chi connectivity index (χ1v) is 13.9. The molecule has 34 heavy (non-hydrogen) atoms. The molecule has 1 N–H and O–H groups in total. The van der Waals surface area contributed by atoms with Crippen LogP contribution in [-0.2, 0) is 0 Å². The summed E-state index contributed by atoms with van der Waals surface area (Å²) in [6.07, 6.45) is 14.5. The maximum atomic E-state index is 14.1. The first-order valence-electron chi connectivity index (χ1n) is 12.8. The van der Waals surface area contributed by atoms with E-state index in [1.807, 2.05) is 11.8 Å². The van der Waals surface area contributed by atoms with Crippen molar-refractivity contribution >= 4 is 23.6 Å². The van der Waals surface area contributed by atoms with Crippen molar-refractivity contribution in [1.82, 2.24) is 15.1 Å². The summed E-state index contributed by atoms with van der Waals surface area (Å²) in [4.78, 5) is 22.8. The zero-order chi connectivity index (χ0) is 24.1. The molecule has 4 aliphatic rings. The topological polar surface area (TPSA) is 47.9 Å². The summed E-state index contributed by atoms with van der Waals surface area (Å²) in [7, 11) is 0. The van der Waals surface area contributed by atoms with Gasteiger partial charge >= 0.3 is 6.03 Å². The van der Waals surface area contributed by atoms with Crippen molar-refractivity contribution in [3.63, 3.8) is 0 Å². The molecular formula is C27H39FN4OS. The fourth-order valence-corrected chi connectivity index (χ4v) is 6.77. The molecule has 0 radical (unpaired) electrons. The Hall–Kier alpha value is -1.86. The van der Waals surface area contributed by atoms with Gasteiger partial charge < -0.3 is 0 Å². The highest BCUT2D eigenvalue weighted by Crippen LogP contribution is 2.41. The fraction of sp³-hybridized carbons (Fsp3) is 0.630. The number of amides is 2. The highest BCUT2D eigenvalue weighted by molar-refractivity contribution is 8.02. The van der Waals surface area contributed by atoms with Gasteiger partial charge in [0.15, 0.2) is 0 Å². The zero-order valence-corrected chi connectivity index (χ0v) is 21.5. The first kappa shape index (κ1) is 25.2. The molecule has 2 unspecified atom stereocenters. The van der Waals surface area contributed by atoms with Gasteiger partial charge in [-0.3, -0.25) is 20.1 Å². The van der Waals surface area contributed by atoms with Crippen molar-refractivity contribution in [1.29, 1.82) is 0 Å². The minimum Gasteiger partial charge on any atom is -0.297 e. The second-order valence-corrected chi connectivity index (χ2v) is 11.1. The van der Waals surface area contributed by atoms with Crippen LogP contribution in [0.25, 0.3) is 0 Å². The Bertz CT molecular complexity index is 900. The van der Waals surface area contributed by atoms with Gasteiger partial charge in [-0.15, -0.1) is 11.8 Å². The number of hydrogen-bond donors (Lipinski definition) is 1. The molecule has 3 heterocycles. The van der Waals surface area contributed by atoms with E-state index in [0.717, 1.165) is 44.6 Å². The molecule has 2 amide bonds. The average Bonchev–Trinajstić information content (AvgIpc) is 3.06. The van der Waals surface area contributed by atoms with Crippen LogP contribution in [0.3, 0.4) is 0 Å². The van der Waals surface area contributed by atoms with E-state index in [9.17, 15) is 9.18 Å². The number of allylic oxidation sites excluding steroid dienone is 4. The lowest BCUT2D eigenvalue weighted by Gasteiger charge is -2.47. The van der Waals surface area contributed by atoms with Crippen molar-refractivity contribution in [2.75, 3.05) is 18.8 Å². The number of likely N-dealkylation sites (tertiary alicyclic amines) is 1. The molecule has 3 aliphatic heterocycles. The molecule has 0 aromatic heterocycles. The van der Waals surface area contributed by atoms with Crippen molar-refractivity contribution in [3.8, 4) is 0 Å². The molecule has 5 nitrogen and oxygen atoms in total. The minimum absolute atomic E-state index is 0.216. The van der Waals surface area contributed by atoms with Crippen molar-refractivity contribution in [3.05, 3.63) is 47.3 Å².